The minimum Gasteiger partial charge on any atom is -0.501 e. The highest BCUT2D eigenvalue weighted by Crippen LogP contribution is 2.37. The number of hydrogen-bond donors (Lipinski definition) is 2. The number of benzene rings is 1. The SMILES string of the molecule is COc1ccc(-c2nc(-c3ccc(C)o3)[nH]c2-c2oc(C)cc(=O)c2O)cc1. The summed E-state index contributed by atoms with van der Waals surface area (Å²) in [5.74, 6) is 2.36. The van der Waals surface area contributed by atoms with Crippen LogP contribution >= 0.6 is 0 Å². The van der Waals surface area contributed by atoms with Gasteiger partial charge >= 0.3 is 0 Å². The zero-order chi connectivity index (χ0) is 19.8. The van der Waals surface area contributed by atoms with Gasteiger partial charge in [-0.2, -0.15) is 0 Å². The summed E-state index contributed by atoms with van der Waals surface area (Å²) in [6.45, 7) is 3.48. The highest BCUT2D eigenvalue weighted by molar-refractivity contribution is 5.80. The lowest BCUT2D eigenvalue weighted by Crippen LogP contribution is -2.01. The summed E-state index contributed by atoms with van der Waals surface area (Å²) in [6.07, 6.45) is 0. The molecule has 0 amide bonds. The quantitative estimate of drug-likeness (QED) is 0.549. The molecule has 4 rings (SSSR count). The van der Waals surface area contributed by atoms with Gasteiger partial charge in [0.1, 0.15) is 28.7 Å². The lowest BCUT2D eigenvalue weighted by molar-refractivity contribution is 0.415. The molecule has 0 spiro atoms. The van der Waals surface area contributed by atoms with E-state index in [-0.39, 0.29) is 5.76 Å². The molecule has 1 aromatic carbocycles. The summed E-state index contributed by atoms with van der Waals surface area (Å²) in [7, 11) is 1.59. The van der Waals surface area contributed by atoms with E-state index in [9.17, 15) is 9.90 Å². The molecule has 0 saturated carbocycles. The Labute approximate surface area is 160 Å². The Balaban J connectivity index is 1.95. The summed E-state index contributed by atoms with van der Waals surface area (Å²) < 4.78 is 16.5. The molecule has 0 unspecified atom stereocenters. The Morgan fingerprint density at radius 1 is 1.04 bits per heavy atom. The molecule has 0 bridgehead atoms. The zero-order valence-electron chi connectivity index (χ0n) is 15.6. The second-order valence-corrected chi connectivity index (χ2v) is 6.35. The van der Waals surface area contributed by atoms with Crippen molar-refractivity contribution in [2.24, 2.45) is 0 Å². The number of aromatic nitrogens is 2. The van der Waals surface area contributed by atoms with Gasteiger partial charge < -0.3 is 23.7 Å². The maximum atomic E-state index is 12.1. The van der Waals surface area contributed by atoms with E-state index in [1.54, 1.807) is 32.2 Å². The molecule has 2 N–H and O–H groups in total. The van der Waals surface area contributed by atoms with Gasteiger partial charge in [0.2, 0.25) is 11.2 Å². The van der Waals surface area contributed by atoms with Gasteiger partial charge in [-0.25, -0.2) is 4.98 Å². The van der Waals surface area contributed by atoms with E-state index in [2.05, 4.69) is 9.97 Å². The number of aryl methyl sites for hydroxylation is 2. The largest absolute Gasteiger partial charge is 0.501 e. The third-order valence-electron chi connectivity index (χ3n) is 4.31. The molecule has 7 nitrogen and oxygen atoms in total. The summed E-state index contributed by atoms with van der Waals surface area (Å²) in [4.78, 5) is 19.8. The number of ether oxygens (including phenoxy) is 1. The van der Waals surface area contributed by atoms with Crippen LogP contribution in [0, 0.1) is 13.8 Å². The second kappa shape index (κ2) is 6.77. The van der Waals surface area contributed by atoms with Gasteiger partial charge in [0, 0.05) is 11.6 Å². The fourth-order valence-corrected chi connectivity index (χ4v) is 2.95. The van der Waals surface area contributed by atoms with Crippen LogP contribution in [0.15, 0.2) is 56.1 Å². The Bertz CT molecular complexity index is 1200. The van der Waals surface area contributed by atoms with Crippen LogP contribution in [0.4, 0.5) is 0 Å². The van der Waals surface area contributed by atoms with Crippen molar-refractivity contribution in [3.05, 3.63) is 64.2 Å². The molecule has 28 heavy (non-hydrogen) atoms. The Hall–Kier alpha value is -3.74. The molecule has 3 aromatic heterocycles. The van der Waals surface area contributed by atoms with Crippen LogP contribution in [0.2, 0.25) is 0 Å². The van der Waals surface area contributed by atoms with Crippen molar-refractivity contribution in [3.63, 3.8) is 0 Å². The molecule has 7 heteroatoms. The van der Waals surface area contributed by atoms with Crippen LogP contribution in [-0.2, 0) is 0 Å². The smallest absolute Gasteiger partial charge is 0.227 e. The summed E-state index contributed by atoms with van der Waals surface area (Å²) in [6, 6.07) is 12.1. The molecule has 0 atom stereocenters. The standard InChI is InChI=1S/C21H18N2O5/c1-11-4-9-16(27-11)21-22-17(13-5-7-14(26-3)8-6-13)18(23-21)20-19(25)15(24)10-12(2)28-20/h4-10,25H,1-3H3,(H,22,23). The fraction of sp³-hybridized carbons (Fsp3) is 0.143. The molecule has 0 aliphatic carbocycles. The number of imidazole rings is 1. The fourth-order valence-electron chi connectivity index (χ4n) is 2.95. The van der Waals surface area contributed by atoms with Crippen molar-refractivity contribution in [3.8, 4) is 45.8 Å². The van der Waals surface area contributed by atoms with E-state index < -0.39 is 11.2 Å². The maximum absolute atomic E-state index is 12.1. The van der Waals surface area contributed by atoms with Crippen LogP contribution in [0.1, 0.15) is 11.5 Å². The zero-order valence-corrected chi connectivity index (χ0v) is 15.6. The highest BCUT2D eigenvalue weighted by atomic mass is 16.5. The van der Waals surface area contributed by atoms with Crippen LogP contribution in [-0.4, -0.2) is 22.2 Å². The van der Waals surface area contributed by atoms with E-state index in [0.717, 1.165) is 11.3 Å². The number of aromatic amines is 1. The number of aromatic hydroxyl groups is 1. The first-order valence-electron chi connectivity index (χ1n) is 8.61. The summed E-state index contributed by atoms with van der Waals surface area (Å²) in [5.41, 5.74) is 1.12. The molecule has 0 fully saturated rings. The van der Waals surface area contributed by atoms with Crippen molar-refractivity contribution < 1.29 is 18.7 Å². The first-order valence-corrected chi connectivity index (χ1v) is 8.61. The topological polar surface area (TPSA) is 101 Å². The number of rotatable bonds is 4. The number of furan rings is 1. The van der Waals surface area contributed by atoms with E-state index in [0.29, 0.717) is 34.5 Å². The van der Waals surface area contributed by atoms with Gasteiger partial charge in [0.05, 0.1) is 7.11 Å². The van der Waals surface area contributed by atoms with Gasteiger partial charge in [-0.1, -0.05) is 0 Å². The van der Waals surface area contributed by atoms with Gasteiger partial charge in [-0.05, 0) is 50.2 Å². The predicted octanol–water partition coefficient (Wildman–Crippen LogP) is 4.29. The minimum absolute atomic E-state index is 0.0258. The third-order valence-corrected chi connectivity index (χ3v) is 4.31. The molecule has 0 radical (unpaired) electrons. The monoisotopic (exact) mass is 378 g/mol. The lowest BCUT2D eigenvalue weighted by atomic mass is 10.1. The molecular formula is C21H18N2O5. The summed E-state index contributed by atoms with van der Waals surface area (Å²) in [5, 5.41) is 10.3. The number of nitrogens with zero attached hydrogens (tertiary/aromatic N) is 1. The van der Waals surface area contributed by atoms with Crippen molar-refractivity contribution >= 4 is 0 Å². The van der Waals surface area contributed by atoms with Gasteiger partial charge in [-0.15, -0.1) is 0 Å². The van der Waals surface area contributed by atoms with Crippen molar-refractivity contribution in [1.82, 2.24) is 9.97 Å². The molecular weight excluding hydrogens is 360 g/mol. The third kappa shape index (κ3) is 3.07. The van der Waals surface area contributed by atoms with Crippen LogP contribution < -0.4 is 10.2 Å². The molecule has 142 valence electrons. The van der Waals surface area contributed by atoms with E-state index in [1.807, 2.05) is 25.1 Å². The molecule has 4 aromatic rings. The van der Waals surface area contributed by atoms with Gasteiger partial charge in [0.25, 0.3) is 0 Å². The van der Waals surface area contributed by atoms with E-state index in [1.165, 1.54) is 6.07 Å². The van der Waals surface area contributed by atoms with Crippen LogP contribution in [0.3, 0.4) is 0 Å². The van der Waals surface area contributed by atoms with E-state index in [4.69, 9.17) is 13.6 Å². The van der Waals surface area contributed by atoms with Crippen molar-refractivity contribution in [1.29, 1.82) is 0 Å². The molecule has 3 heterocycles. The highest BCUT2D eigenvalue weighted by Gasteiger charge is 2.22. The van der Waals surface area contributed by atoms with Crippen LogP contribution in [0.25, 0.3) is 34.3 Å². The van der Waals surface area contributed by atoms with Gasteiger partial charge in [-0.3, -0.25) is 4.79 Å². The Morgan fingerprint density at radius 2 is 1.79 bits per heavy atom. The Kier molecular flexibility index (Phi) is 4.27. The van der Waals surface area contributed by atoms with Gasteiger partial charge in [0.15, 0.2) is 17.3 Å². The average Bonchev–Trinajstić information content (AvgIpc) is 3.31. The van der Waals surface area contributed by atoms with Crippen LogP contribution in [0.5, 0.6) is 11.5 Å². The molecule has 0 aliphatic heterocycles. The lowest BCUT2D eigenvalue weighted by Gasteiger charge is -2.06. The molecule has 0 saturated heterocycles. The molecule has 0 aliphatic rings. The van der Waals surface area contributed by atoms with E-state index >= 15 is 0 Å². The number of H-pyrrole nitrogens is 1. The minimum atomic E-state index is -0.524. The van der Waals surface area contributed by atoms with Crippen molar-refractivity contribution in [2.45, 2.75) is 13.8 Å². The second-order valence-electron chi connectivity index (χ2n) is 6.35. The number of nitrogens with one attached hydrogen (secondary N) is 1. The number of methoxy groups -OCH3 is 1. The van der Waals surface area contributed by atoms with Crippen molar-refractivity contribution in [2.75, 3.05) is 7.11 Å². The number of hydrogen-bond acceptors (Lipinski definition) is 6. The Morgan fingerprint density at radius 3 is 2.43 bits per heavy atom. The first kappa shape index (κ1) is 17.7. The maximum Gasteiger partial charge on any atom is 0.227 e. The first-order chi connectivity index (χ1) is 13.5. The normalized spacial score (nSPS) is 11.0. The predicted molar refractivity (Wildman–Crippen MR) is 103 cm³/mol. The average molecular weight is 378 g/mol. The summed E-state index contributed by atoms with van der Waals surface area (Å²) >= 11 is 0.